The molecular weight excluding hydrogens is 366 g/mol. The lowest BCUT2D eigenvalue weighted by molar-refractivity contribution is -0.123. The summed E-state index contributed by atoms with van der Waals surface area (Å²) in [7, 11) is 0. The zero-order valence-corrected chi connectivity index (χ0v) is 15.8. The lowest BCUT2D eigenvalue weighted by Crippen LogP contribution is -2.25. The Balaban J connectivity index is 1.64. The molecule has 0 saturated heterocycles. The van der Waals surface area contributed by atoms with Crippen LogP contribution in [0.3, 0.4) is 0 Å². The summed E-state index contributed by atoms with van der Waals surface area (Å²) >= 11 is 0. The van der Waals surface area contributed by atoms with Crippen molar-refractivity contribution in [3.8, 4) is 5.75 Å². The lowest BCUT2D eigenvalue weighted by Gasteiger charge is -2.19. The third kappa shape index (κ3) is 4.35. The largest absolute Gasteiger partial charge is 0.476 e. The molecule has 1 heterocycles. The summed E-state index contributed by atoms with van der Waals surface area (Å²) in [6.45, 7) is 1.99. The van der Waals surface area contributed by atoms with Gasteiger partial charge in [0, 0.05) is 28.8 Å². The number of benzene rings is 3. The van der Waals surface area contributed by atoms with Crippen LogP contribution in [0.1, 0.15) is 17.2 Å². The normalized spacial score (nSPS) is 11.8. The van der Waals surface area contributed by atoms with E-state index in [1.54, 1.807) is 24.3 Å². The third-order valence-electron chi connectivity index (χ3n) is 4.51. The van der Waals surface area contributed by atoms with Crippen LogP contribution >= 0.6 is 0 Å². The van der Waals surface area contributed by atoms with Crippen molar-refractivity contribution in [1.29, 1.82) is 0 Å². The van der Waals surface area contributed by atoms with Crippen molar-refractivity contribution in [3.05, 3.63) is 106 Å². The molecule has 29 heavy (non-hydrogen) atoms. The molecule has 144 valence electrons. The van der Waals surface area contributed by atoms with E-state index in [9.17, 15) is 9.59 Å². The Morgan fingerprint density at radius 2 is 1.66 bits per heavy atom. The second-order valence-corrected chi connectivity index (χ2v) is 6.72. The number of aryl methyl sites for hydroxylation is 1. The van der Waals surface area contributed by atoms with Gasteiger partial charge in [-0.05, 0) is 37.3 Å². The maximum atomic E-state index is 13.0. The molecule has 0 fully saturated rings. The predicted molar refractivity (Wildman–Crippen MR) is 112 cm³/mol. The molecule has 0 radical (unpaired) electrons. The Morgan fingerprint density at radius 1 is 0.931 bits per heavy atom. The fourth-order valence-electron chi connectivity index (χ4n) is 3.00. The van der Waals surface area contributed by atoms with E-state index in [1.165, 1.54) is 6.07 Å². The van der Waals surface area contributed by atoms with Gasteiger partial charge in [0.15, 0.2) is 0 Å². The molecule has 0 saturated carbocycles. The van der Waals surface area contributed by atoms with E-state index < -0.39 is 11.7 Å². The van der Waals surface area contributed by atoms with Gasteiger partial charge in [-0.25, -0.2) is 4.79 Å². The fraction of sp³-hybridized carbons (Fsp3) is 0.0833. The highest BCUT2D eigenvalue weighted by molar-refractivity contribution is 5.95. The van der Waals surface area contributed by atoms with Crippen LogP contribution in [0.5, 0.6) is 5.75 Å². The van der Waals surface area contributed by atoms with Crippen molar-refractivity contribution < 1.29 is 13.9 Å². The number of anilines is 1. The SMILES string of the molecule is Cc1ccc(NC(=O)[C@@H](Oc2ccc3ccc(=O)oc3c2)c2ccccc2)cc1. The summed E-state index contributed by atoms with van der Waals surface area (Å²) < 4.78 is 11.3. The number of rotatable bonds is 5. The van der Waals surface area contributed by atoms with Gasteiger partial charge >= 0.3 is 5.63 Å². The average Bonchev–Trinajstić information content (AvgIpc) is 2.74. The number of hydrogen-bond donors (Lipinski definition) is 1. The van der Waals surface area contributed by atoms with Crippen molar-refractivity contribution in [2.24, 2.45) is 0 Å². The number of carbonyl (C=O) groups excluding carboxylic acids is 1. The Kier molecular flexibility index (Phi) is 5.12. The summed E-state index contributed by atoms with van der Waals surface area (Å²) in [5.41, 5.74) is 2.48. The van der Waals surface area contributed by atoms with E-state index in [2.05, 4.69) is 5.32 Å². The highest BCUT2D eigenvalue weighted by Crippen LogP contribution is 2.26. The Morgan fingerprint density at radius 3 is 2.41 bits per heavy atom. The van der Waals surface area contributed by atoms with Crippen molar-refractivity contribution in [1.82, 2.24) is 0 Å². The Labute approximate surface area is 167 Å². The van der Waals surface area contributed by atoms with Gasteiger partial charge < -0.3 is 14.5 Å². The van der Waals surface area contributed by atoms with E-state index >= 15 is 0 Å². The number of ether oxygens (including phenoxy) is 1. The van der Waals surface area contributed by atoms with Gasteiger partial charge in [-0.3, -0.25) is 4.79 Å². The monoisotopic (exact) mass is 385 g/mol. The van der Waals surface area contributed by atoms with Crippen LogP contribution in [0, 0.1) is 6.92 Å². The highest BCUT2D eigenvalue weighted by Gasteiger charge is 2.23. The molecule has 4 aromatic rings. The summed E-state index contributed by atoms with van der Waals surface area (Å²) in [4.78, 5) is 24.5. The molecule has 0 bridgehead atoms. The third-order valence-corrected chi connectivity index (χ3v) is 4.51. The maximum absolute atomic E-state index is 13.0. The molecule has 1 amide bonds. The first-order valence-electron chi connectivity index (χ1n) is 9.21. The first kappa shape index (κ1) is 18.5. The molecule has 0 aliphatic rings. The Bertz CT molecular complexity index is 1200. The molecule has 1 atom stereocenters. The lowest BCUT2D eigenvalue weighted by atomic mass is 10.1. The molecule has 4 rings (SSSR count). The highest BCUT2D eigenvalue weighted by atomic mass is 16.5. The first-order chi connectivity index (χ1) is 14.1. The van der Waals surface area contributed by atoms with Crippen molar-refractivity contribution in [2.75, 3.05) is 5.32 Å². The van der Waals surface area contributed by atoms with Crippen molar-refractivity contribution in [3.63, 3.8) is 0 Å². The van der Waals surface area contributed by atoms with Crippen LogP contribution in [0.2, 0.25) is 0 Å². The van der Waals surface area contributed by atoms with Crippen LogP contribution in [-0.4, -0.2) is 5.91 Å². The van der Waals surface area contributed by atoms with Crippen LogP contribution in [0.4, 0.5) is 5.69 Å². The van der Waals surface area contributed by atoms with Gasteiger partial charge in [-0.1, -0.05) is 48.0 Å². The second-order valence-electron chi connectivity index (χ2n) is 6.72. The minimum Gasteiger partial charge on any atom is -0.476 e. The van der Waals surface area contributed by atoms with Crippen LogP contribution in [0.25, 0.3) is 11.0 Å². The van der Waals surface area contributed by atoms with Gasteiger partial charge in [0.25, 0.3) is 5.91 Å². The van der Waals surface area contributed by atoms with E-state index in [-0.39, 0.29) is 5.91 Å². The van der Waals surface area contributed by atoms with Crippen molar-refractivity contribution >= 4 is 22.6 Å². The molecule has 0 aliphatic heterocycles. The predicted octanol–water partition coefficient (Wildman–Crippen LogP) is 4.86. The Hall–Kier alpha value is -3.86. The number of amides is 1. The standard InChI is InChI=1S/C24H19NO4/c1-16-7-11-19(12-8-16)25-24(27)23(18-5-3-2-4-6-18)28-20-13-9-17-10-14-22(26)29-21(17)15-20/h2-15,23H,1H3,(H,25,27)/t23-/m0/s1. The summed E-state index contributed by atoms with van der Waals surface area (Å²) in [5, 5.41) is 3.67. The van der Waals surface area contributed by atoms with E-state index in [1.807, 2.05) is 61.5 Å². The molecule has 1 N–H and O–H groups in total. The molecule has 5 heteroatoms. The van der Waals surface area contributed by atoms with Crippen LogP contribution in [0.15, 0.2) is 94.1 Å². The number of nitrogens with one attached hydrogen (secondary N) is 1. The van der Waals surface area contributed by atoms with E-state index in [0.717, 1.165) is 10.9 Å². The zero-order valence-electron chi connectivity index (χ0n) is 15.8. The summed E-state index contributed by atoms with van der Waals surface area (Å²) in [6.07, 6.45) is -0.870. The smallest absolute Gasteiger partial charge is 0.336 e. The van der Waals surface area contributed by atoms with Gasteiger partial charge in [0.1, 0.15) is 11.3 Å². The number of fused-ring (bicyclic) bond motifs is 1. The summed E-state index contributed by atoms with van der Waals surface area (Å²) in [5.74, 6) is 0.134. The topological polar surface area (TPSA) is 68.5 Å². The van der Waals surface area contributed by atoms with Crippen molar-refractivity contribution in [2.45, 2.75) is 13.0 Å². The average molecular weight is 385 g/mol. The molecule has 1 aromatic heterocycles. The second kappa shape index (κ2) is 8.02. The van der Waals surface area contributed by atoms with Gasteiger partial charge in [0.05, 0.1) is 0 Å². The molecule has 0 unspecified atom stereocenters. The minimum atomic E-state index is -0.870. The van der Waals surface area contributed by atoms with Crippen LogP contribution in [-0.2, 0) is 4.79 Å². The fourth-order valence-corrected chi connectivity index (χ4v) is 3.00. The summed E-state index contributed by atoms with van der Waals surface area (Å²) in [6, 6.07) is 25.0. The molecular formula is C24H19NO4. The minimum absolute atomic E-state index is 0.297. The number of carbonyl (C=O) groups is 1. The zero-order chi connectivity index (χ0) is 20.2. The molecule has 0 aliphatic carbocycles. The van der Waals surface area contributed by atoms with E-state index in [4.69, 9.17) is 9.15 Å². The molecule has 5 nitrogen and oxygen atoms in total. The molecule has 3 aromatic carbocycles. The van der Waals surface area contributed by atoms with Gasteiger partial charge in [0.2, 0.25) is 6.10 Å². The quantitative estimate of drug-likeness (QED) is 0.498. The molecule has 0 spiro atoms. The number of hydrogen-bond acceptors (Lipinski definition) is 4. The maximum Gasteiger partial charge on any atom is 0.336 e. The van der Waals surface area contributed by atoms with Gasteiger partial charge in [-0.15, -0.1) is 0 Å². The van der Waals surface area contributed by atoms with E-state index in [0.29, 0.717) is 22.6 Å². The van der Waals surface area contributed by atoms with Gasteiger partial charge in [-0.2, -0.15) is 0 Å². The first-order valence-corrected chi connectivity index (χ1v) is 9.21. The van der Waals surface area contributed by atoms with Crippen LogP contribution < -0.4 is 15.7 Å².